The fraction of sp³-hybridized carbons (Fsp3) is 0.222. The molecule has 0 radical (unpaired) electrons. The molecule has 2 rings (SSSR count). The molecule has 0 aromatic heterocycles. The van der Waals surface area contributed by atoms with Crippen LogP contribution >= 0.6 is 0 Å². The van der Waals surface area contributed by atoms with Crippen molar-refractivity contribution in [1.82, 2.24) is 0 Å². The minimum Gasteiger partial charge on any atom is -0.455 e. The van der Waals surface area contributed by atoms with Crippen molar-refractivity contribution < 1.29 is 14.3 Å². The van der Waals surface area contributed by atoms with Crippen LogP contribution in [0.15, 0.2) is 60.7 Å². The zero-order valence-corrected chi connectivity index (χ0v) is 12.0. The Labute approximate surface area is 124 Å². The SMILES string of the molecule is CC[C@H](C(=O)C(=O)OCc1ccccc1)c1ccccc1. The molecule has 1 atom stereocenters. The Morgan fingerprint density at radius 3 is 2.10 bits per heavy atom. The number of carbonyl (C=O) groups is 2. The molecule has 3 heteroatoms. The zero-order valence-electron chi connectivity index (χ0n) is 12.0. The quantitative estimate of drug-likeness (QED) is 0.601. The summed E-state index contributed by atoms with van der Waals surface area (Å²) in [5.74, 6) is -1.69. The molecule has 0 amide bonds. The number of ketones is 1. The standard InChI is InChI=1S/C18H18O3/c1-2-16(15-11-7-4-8-12-15)17(19)18(20)21-13-14-9-5-3-6-10-14/h3-12,16H,2,13H2,1H3/t16-/m0/s1. The Morgan fingerprint density at radius 2 is 1.52 bits per heavy atom. The summed E-state index contributed by atoms with van der Waals surface area (Å²) >= 11 is 0. The van der Waals surface area contributed by atoms with E-state index in [-0.39, 0.29) is 6.61 Å². The van der Waals surface area contributed by atoms with Crippen LogP contribution < -0.4 is 0 Å². The van der Waals surface area contributed by atoms with E-state index in [1.165, 1.54) is 0 Å². The lowest BCUT2D eigenvalue weighted by Crippen LogP contribution is -2.24. The zero-order chi connectivity index (χ0) is 15.1. The predicted octanol–water partition coefficient (Wildman–Crippen LogP) is 3.49. The van der Waals surface area contributed by atoms with E-state index >= 15 is 0 Å². The summed E-state index contributed by atoms with van der Waals surface area (Å²) in [5, 5.41) is 0. The third-order valence-electron chi connectivity index (χ3n) is 3.34. The molecule has 0 unspecified atom stereocenters. The van der Waals surface area contributed by atoms with Crippen LogP contribution in [0.4, 0.5) is 0 Å². The number of hydrogen-bond donors (Lipinski definition) is 0. The van der Waals surface area contributed by atoms with Crippen molar-refractivity contribution in [3.8, 4) is 0 Å². The third kappa shape index (κ3) is 4.02. The van der Waals surface area contributed by atoms with E-state index < -0.39 is 17.7 Å². The fourth-order valence-electron chi connectivity index (χ4n) is 2.19. The van der Waals surface area contributed by atoms with Gasteiger partial charge < -0.3 is 4.74 Å². The van der Waals surface area contributed by atoms with Crippen molar-refractivity contribution in [1.29, 1.82) is 0 Å². The number of hydrogen-bond acceptors (Lipinski definition) is 3. The summed E-state index contributed by atoms with van der Waals surface area (Å²) in [6, 6.07) is 18.6. The number of ether oxygens (including phenoxy) is 1. The summed E-state index contributed by atoms with van der Waals surface area (Å²) in [4.78, 5) is 24.1. The van der Waals surface area contributed by atoms with Crippen molar-refractivity contribution in [3.63, 3.8) is 0 Å². The van der Waals surface area contributed by atoms with E-state index in [0.717, 1.165) is 11.1 Å². The molecular weight excluding hydrogens is 264 g/mol. The first-order chi connectivity index (χ1) is 10.2. The predicted molar refractivity (Wildman–Crippen MR) is 80.7 cm³/mol. The Bertz CT molecular complexity index is 590. The smallest absolute Gasteiger partial charge is 0.375 e. The molecule has 0 spiro atoms. The van der Waals surface area contributed by atoms with Gasteiger partial charge in [0, 0.05) is 0 Å². The first-order valence-corrected chi connectivity index (χ1v) is 7.02. The highest BCUT2D eigenvalue weighted by atomic mass is 16.5. The van der Waals surface area contributed by atoms with Crippen molar-refractivity contribution in [3.05, 3.63) is 71.8 Å². The maximum atomic E-state index is 12.2. The van der Waals surface area contributed by atoms with Crippen LogP contribution in [0.1, 0.15) is 30.4 Å². The van der Waals surface area contributed by atoms with Crippen molar-refractivity contribution in [2.75, 3.05) is 0 Å². The van der Waals surface area contributed by atoms with Crippen molar-refractivity contribution in [2.45, 2.75) is 25.9 Å². The molecule has 3 nitrogen and oxygen atoms in total. The largest absolute Gasteiger partial charge is 0.455 e. The van der Waals surface area contributed by atoms with Crippen LogP contribution in [-0.4, -0.2) is 11.8 Å². The van der Waals surface area contributed by atoms with E-state index in [1.54, 1.807) is 0 Å². The van der Waals surface area contributed by atoms with Gasteiger partial charge in [0.2, 0.25) is 5.78 Å². The second-order valence-electron chi connectivity index (χ2n) is 4.80. The highest BCUT2D eigenvalue weighted by molar-refractivity contribution is 6.35. The van der Waals surface area contributed by atoms with Gasteiger partial charge in [-0.05, 0) is 17.5 Å². The normalized spacial score (nSPS) is 11.7. The minimum atomic E-state index is -0.769. The molecule has 0 aliphatic rings. The molecule has 2 aromatic rings. The summed E-state index contributed by atoms with van der Waals surface area (Å²) in [7, 11) is 0. The lowest BCUT2D eigenvalue weighted by Gasteiger charge is -2.13. The van der Waals surface area contributed by atoms with E-state index in [0.29, 0.717) is 6.42 Å². The van der Waals surface area contributed by atoms with Gasteiger partial charge in [0.05, 0.1) is 5.92 Å². The number of rotatable bonds is 6. The fourth-order valence-corrected chi connectivity index (χ4v) is 2.19. The Kier molecular flexibility index (Phi) is 5.27. The lowest BCUT2D eigenvalue weighted by molar-refractivity contribution is -0.155. The molecule has 21 heavy (non-hydrogen) atoms. The van der Waals surface area contributed by atoms with Gasteiger partial charge in [-0.25, -0.2) is 4.79 Å². The van der Waals surface area contributed by atoms with Gasteiger partial charge in [-0.15, -0.1) is 0 Å². The molecule has 108 valence electrons. The van der Waals surface area contributed by atoms with E-state index in [4.69, 9.17) is 4.74 Å². The summed E-state index contributed by atoms with van der Waals surface area (Å²) in [6.45, 7) is 2.01. The maximum absolute atomic E-state index is 12.2. The van der Waals surface area contributed by atoms with Crippen LogP contribution in [-0.2, 0) is 20.9 Å². The van der Waals surface area contributed by atoms with Crippen LogP contribution in [0.25, 0.3) is 0 Å². The minimum absolute atomic E-state index is 0.122. The Morgan fingerprint density at radius 1 is 0.952 bits per heavy atom. The topological polar surface area (TPSA) is 43.4 Å². The summed E-state index contributed by atoms with van der Waals surface area (Å²) in [6.07, 6.45) is 0.573. The summed E-state index contributed by atoms with van der Waals surface area (Å²) in [5.41, 5.74) is 1.72. The highest BCUT2D eigenvalue weighted by Crippen LogP contribution is 2.21. The van der Waals surface area contributed by atoms with Gasteiger partial charge in [-0.3, -0.25) is 4.79 Å². The first-order valence-electron chi connectivity index (χ1n) is 7.02. The molecule has 0 N–H and O–H groups in total. The maximum Gasteiger partial charge on any atom is 0.375 e. The summed E-state index contributed by atoms with van der Waals surface area (Å²) < 4.78 is 5.11. The molecule has 0 fully saturated rings. The highest BCUT2D eigenvalue weighted by Gasteiger charge is 2.26. The van der Waals surface area contributed by atoms with Gasteiger partial charge in [0.15, 0.2) is 0 Å². The Balaban J connectivity index is 1.99. The third-order valence-corrected chi connectivity index (χ3v) is 3.34. The van der Waals surface area contributed by atoms with Crippen molar-refractivity contribution in [2.24, 2.45) is 0 Å². The van der Waals surface area contributed by atoms with Crippen LogP contribution in [0.5, 0.6) is 0 Å². The molecular formula is C18H18O3. The van der Waals surface area contributed by atoms with E-state index in [1.807, 2.05) is 67.6 Å². The molecule has 0 heterocycles. The molecule has 0 aliphatic heterocycles. The van der Waals surface area contributed by atoms with E-state index in [2.05, 4.69) is 0 Å². The molecule has 0 bridgehead atoms. The van der Waals surface area contributed by atoms with Crippen LogP contribution in [0, 0.1) is 0 Å². The van der Waals surface area contributed by atoms with Gasteiger partial charge >= 0.3 is 5.97 Å². The molecule has 0 saturated heterocycles. The number of Topliss-reactive ketones (excluding diaryl/α,β-unsaturated/α-hetero) is 1. The monoisotopic (exact) mass is 282 g/mol. The second kappa shape index (κ2) is 7.39. The molecule has 2 aromatic carbocycles. The second-order valence-corrected chi connectivity index (χ2v) is 4.80. The van der Waals surface area contributed by atoms with E-state index in [9.17, 15) is 9.59 Å². The van der Waals surface area contributed by atoms with Gasteiger partial charge in [0.25, 0.3) is 0 Å². The van der Waals surface area contributed by atoms with Gasteiger partial charge in [-0.2, -0.15) is 0 Å². The lowest BCUT2D eigenvalue weighted by atomic mass is 9.92. The number of carbonyl (C=O) groups excluding carboxylic acids is 2. The first kappa shape index (κ1) is 15.0. The van der Waals surface area contributed by atoms with Gasteiger partial charge in [-0.1, -0.05) is 67.6 Å². The molecule has 0 saturated carbocycles. The number of esters is 1. The molecule has 0 aliphatic carbocycles. The van der Waals surface area contributed by atoms with Crippen molar-refractivity contribution >= 4 is 11.8 Å². The average molecular weight is 282 g/mol. The van der Waals surface area contributed by atoms with Crippen LogP contribution in [0.2, 0.25) is 0 Å². The Hall–Kier alpha value is -2.42. The van der Waals surface area contributed by atoms with Crippen LogP contribution in [0.3, 0.4) is 0 Å². The van der Waals surface area contributed by atoms with Gasteiger partial charge in [0.1, 0.15) is 6.61 Å². The average Bonchev–Trinajstić information content (AvgIpc) is 2.55. The number of benzene rings is 2.